The molecule has 0 radical (unpaired) electrons. The van der Waals surface area contributed by atoms with E-state index >= 15 is 0 Å². The third-order valence-electron chi connectivity index (χ3n) is 5.62. The van der Waals surface area contributed by atoms with Crippen LogP contribution in [0.15, 0.2) is 89.4 Å². The molecule has 0 heterocycles. The van der Waals surface area contributed by atoms with Crippen LogP contribution in [0.3, 0.4) is 0 Å². The van der Waals surface area contributed by atoms with Crippen molar-refractivity contribution in [2.45, 2.75) is 12.0 Å². The van der Waals surface area contributed by atoms with Gasteiger partial charge in [0.15, 0.2) is 5.78 Å². The fraction of sp³-hybridized carbons (Fsp3) is 0.0800. The van der Waals surface area contributed by atoms with Crippen molar-refractivity contribution in [2.24, 2.45) is 0 Å². The lowest BCUT2D eigenvalue weighted by Crippen LogP contribution is -2.37. The maximum atomic E-state index is 13.1. The summed E-state index contributed by atoms with van der Waals surface area (Å²) in [5.41, 5.74) is 2.23. The molecule has 0 fully saturated rings. The summed E-state index contributed by atoms with van der Waals surface area (Å²) in [6.45, 7) is 0. The summed E-state index contributed by atoms with van der Waals surface area (Å²) in [7, 11) is 0. The second kappa shape index (κ2) is 6.40. The fourth-order valence-electron chi connectivity index (χ4n) is 4.31. The molecule has 0 amide bonds. The molecule has 0 saturated carbocycles. The number of benzene rings is 4. The van der Waals surface area contributed by atoms with Gasteiger partial charge in [0.1, 0.15) is 5.60 Å². The van der Waals surface area contributed by atoms with Gasteiger partial charge in [0.05, 0.1) is 0 Å². The van der Waals surface area contributed by atoms with Crippen molar-refractivity contribution in [2.75, 3.05) is 0 Å². The average molecular weight is 429 g/mol. The first-order chi connectivity index (χ1) is 13.6. The maximum Gasteiger partial charge on any atom is 0.193 e. The van der Waals surface area contributed by atoms with Gasteiger partial charge in [-0.15, -0.1) is 0 Å². The van der Waals surface area contributed by atoms with Crippen LogP contribution in [0.4, 0.5) is 0 Å². The highest BCUT2D eigenvalue weighted by Gasteiger charge is 2.42. The van der Waals surface area contributed by atoms with Crippen molar-refractivity contribution in [1.29, 1.82) is 0 Å². The quantitative estimate of drug-likeness (QED) is 0.449. The van der Waals surface area contributed by atoms with Crippen molar-refractivity contribution >= 4 is 32.5 Å². The molecule has 4 aromatic rings. The fourth-order valence-corrected chi connectivity index (χ4v) is 4.67. The minimum atomic E-state index is -1.27. The van der Waals surface area contributed by atoms with Crippen LogP contribution >= 0.6 is 15.9 Å². The highest BCUT2D eigenvalue weighted by Crippen LogP contribution is 2.43. The Bertz CT molecular complexity index is 1240. The van der Waals surface area contributed by atoms with E-state index in [0.29, 0.717) is 28.7 Å². The molecule has 0 bridgehead atoms. The molecule has 1 aliphatic rings. The van der Waals surface area contributed by atoms with E-state index < -0.39 is 5.60 Å². The Kier molecular flexibility index (Phi) is 3.97. The van der Waals surface area contributed by atoms with E-state index in [2.05, 4.69) is 40.2 Å². The Morgan fingerprint density at radius 1 is 0.786 bits per heavy atom. The zero-order valence-electron chi connectivity index (χ0n) is 15.0. The molecule has 1 N–H and O–H groups in total. The minimum absolute atomic E-state index is 0.0468. The summed E-state index contributed by atoms with van der Waals surface area (Å²) in [4.78, 5) is 13.1. The van der Waals surface area contributed by atoms with Crippen LogP contribution < -0.4 is 0 Å². The minimum Gasteiger partial charge on any atom is -0.380 e. The van der Waals surface area contributed by atoms with Crippen LogP contribution in [0.5, 0.6) is 0 Å². The Morgan fingerprint density at radius 3 is 2.39 bits per heavy atom. The zero-order chi connectivity index (χ0) is 19.3. The van der Waals surface area contributed by atoms with E-state index in [4.69, 9.17) is 0 Å². The standard InChI is InChI=1S/C25H17BrO2/c26-18-12-13-23-21(14-18)24(27)20-10-3-4-11-22(20)25(23,28)15-17-8-5-7-16-6-1-2-9-19(16)17/h1-14,28H,15H2. The van der Waals surface area contributed by atoms with Crippen LogP contribution in [-0.4, -0.2) is 10.9 Å². The summed E-state index contributed by atoms with van der Waals surface area (Å²) in [6.07, 6.45) is 0.396. The van der Waals surface area contributed by atoms with Crippen molar-refractivity contribution in [3.05, 3.63) is 117 Å². The number of hydrogen-bond donors (Lipinski definition) is 1. The van der Waals surface area contributed by atoms with E-state index in [1.165, 1.54) is 0 Å². The Hall–Kier alpha value is -2.75. The SMILES string of the molecule is O=C1c2ccccc2C(O)(Cc2cccc3ccccc23)c2ccc(Br)cc21. The normalized spacial score (nSPS) is 18.0. The average Bonchev–Trinajstić information content (AvgIpc) is 2.72. The smallest absolute Gasteiger partial charge is 0.193 e. The number of hydrogen-bond acceptors (Lipinski definition) is 2. The number of rotatable bonds is 2. The molecule has 1 aliphatic carbocycles. The topological polar surface area (TPSA) is 37.3 Å². The van der Waals surface area contributed by atoms with Crippen LogP contribution in [0.2, 0.25) is 0 Å². The molecular formula is C25H17BrO2. The number of carbonyl (C=O) groups excluding carboxylic acids is 1. The first-order valence-electron chi connectivity index (χ1n) is 9.21. The molecular weight excluding hydrogens is 412 g/mol. The van der Waals surface area contributed by atoms with Crippen molar-refractivity contribution < 1.29 is 9.90 Å². The largest absolute Gasteiger partial charge is 0.380 e. The van der Waals surface area contributed by atoms with Crippen LogP contribution in [0.25, 0.3) is 10.8 Å². The van der Waals surface area contributed by atoms with Crippen LogP contribution in [-0.2, 0) is 12.0 Å². The third kappa shape index (κ3) is 2.55. The summed E-state index contributed by atoms with van der Waals surface area (Å²) in [5.74, 6) is -0.0468. The van der Waals surface area contributed by atoms with Gasteiger partial charge in [-0.25, -0.2) is 0 Å². The van der Waals surface area contributed by atoms with Crippen molar-refractivity contribution in [1.82, 2.24) is 0 Å². The summed E-state index contributed by atoms with van der Waals surface area (Å²) < 4.78 is 0.825. The third-order valence-corrected chi connectivity index (χ3v) is 6.11. The van der Waals surface area contributed by atoms with E-state index in [-0.39, 0.29) is 5.78 Å². The number of halogens is 1. The molecule has 4 aromatic carbocycles. The monoisotopic (exact) mass is 428 g/mol. The molecule has 0 saturated heterocycles. The number of ketones is 1. The van der Waals surface area contributed by atoms with Gasteiger partial charge in [0.2, 0.25) is 0 Å². The summed E-state index contributed by atoms with van der Waals surface area (Å²) in [5, 5.41) is 14.3. The van der Waals surface area contributed by atoms with Crippen molar-refractivity contribution in [3.63, 3.8) is 0 Å². The van der Waals surface area contributed by atoms with Crippen LogP contribution in [0, 0.1) is 0 Å². The Balaban J connectivity index is 1.76. The lowest BCUT2D eigenvalue weighted by atomic mass is 9.71. The number of carbonyl (C=O) groups is 1. The zero-order valence-corrected chi connectivity index (χ0v) is 16.6. The van der Waals surface area contributed by atoms with Gasteiger partial charge < -0.3 is 5.11 Å². The molecule has 3 heteroatoms. The number of aliphatic hydroxyl groups is 1. The van der Waals surface area contributed by atoms with Gasteiger partial charge >= 0.3 is 0 Å². The Morgan fingerprint density at radius 2 is 1.50 bits per heavy atom. The molecule has 136 valence electrons. The van der Waals surface area contributed by atoms with E-state index in [0.717, 1.165) is 20.8 Å². The molecule has 1 atom stereocenters. The highest BCUT2D eigenvalue weighted by molar-refractivity contribution is 9.10. The molecule has 2 nitrogen and oxygen atoms in total. The first kappa shape index (κ1) is 17.4. The first-order valence-corrected chi connectivity index (χ1v) is 10.0. The van der Waals surface area contributed by atoms with E-state index in [9.17, 15) is 9.90 Å². The maximum absolute atomic E-state index is 13.1. The van der Waals surface area contributed by atoms with Gasteiger partial charge in [-0.3, -0.25) is 4.79 Å². The Labute approximate surface area is 171 Å². The molecule has 0 aromatic heterocycles. The van der Waals surface area contributed by atoms with Crippen molar-refractivity contribution in [3.8, 4) is 0 Å². The lowest BCUT2D eigenvalue weighted by Gasteiger charge is -2.36. The lowest BCUT2D eigenvalue weighted by molar-refractivity contribution is 0.0723. The van der Waals surface area contributed by atoms with Gasteiger partial charge in [-0.1, -0.05) is 88.7 Å². The van der Waals surface area contributed by atoms with Crippen LogP contribution in [0.1, 0.15) is 32.6 Å². The molecule has 0 aliphatic heterocycles. The second-order valence-electron chi connectivity index (χ2n) is 7.24. The van der Waals surface area contributed by atoms with Gasteiger partial charge in [0.25, 0.3) is 0 Å². The van der Waals surface area contributed by atoms with Gasteiger partial charge in [-0.05, 0) is 39.6 Å². The highest BCUT2D eigenvalue weighted by atomic mass is 79.9. The molecule has 28 heavy (non-hydrogen) atoms. The molecule has 5 rings (SSSR count). The van der Waals surface area contributed by atoms with E-state index in [1.54, 1.807) is 6.07 Å². The van der Waals surface area contributed by atoms with Gasteiger partial charge in [0, 0.05) is 22.0 Å². The summed E-state index contributed by atoms with van der Waals surface area (Å²) >= 11 is 3.46. The van der Waals surface area contributed by atoms with E-state index in [1.807, 2.05) is 54.6 Å². The predicted molar refractivity (Wildman–Crippen MR) is 115 cm³/mol. The number of fused-ring (bicyclic) bond motifs is 3. The summed E-state index contributed by atoms with van der Waals surface area (Å²) in [6, 6.07) is 27.3. The molecule has 1 unspecified atom stereocenters. The predicted octanol–water partition coefficient (Wildman–Crippen LogP) is 5.63. The van der Waals surface area contributed by atoms with Gasteiger partial charge in [-0.2, -0.15) is 0 Å². The molecule has 0 spiro atoms. The second-order valence-corrected chi connectivity index (χ2v) is 8.16.